The molecule has 1 aliphatic rings. The third kappa shape index (κ3) is 8.58. The summed E-state index contributed by atoms with van der Waals surface area (Å²) in [7, 11) is 1.50. The molecule has 1 saturated heterocycles. The van der Waals surface area contributed by atoms with Gasteiger partial charge in [-0.2, -0.15) is 0 Å². The highest BCUT2D eigenvalue weighted by atomic mass is 16.2. The number of aromatic amines is 1. The predicted octanol–water partition coefficient (Wildman–Crippen LogP) is 2.06. The van der Waals surface area contributed by atoms with E-state index in [1.165, 1.54) is 16.8 Å². The first-order chi connectivity index (χ1) is 21.9. The Morgan fingerprint density at radius 3 is 2.24 bits per heavy atom. The van der Waals surface area contributed by atoms with Gasteiger partial charge in [0.25, 0.3) is 5.91 Å². The number of H-pyrrole nitrogens is 1. The number of benzene rings is 2. The molecule has 4 rings (SSSR count). The zero-order chi connectivity index (χ0) is 33.4. The fraction of sp³-hybridized carbons (Fsp3) is 0.412. The topological polar surface area (TPSA) is 157 Å². The van der Waals surface area contributed by atoms with Crippen molar-refractivity contribution in [2.24, 2.45) is 5.92 Å². The number of nitrogens with zero attached hydrogens (tertiary/aromatic N) is 3. The molecule has 5 amide bonds. The molecule has 1 aliphatic heterocycles. The van der Waals surface area contributed by atoms with Crippen LogP contribution in [0.4, 0.5) is 0 Å². The van der Waals surface area contributed by atoms with Crippen molar-refractivity contribution in [2.45, 2.75) is 58.7 Å². The fourth-order valence-electron chi connectivity index (χ4n) is 5.31. The summed E-state index contributed by atoms with van der Waals surface area (Å²) in [5, 5.41) is 8.42. The minimum absolute atomic E-state index is 0.0117. The minimum Gasteiger partial charge on any atom is -0.353 e. The molecular formula is C34H43N7O5. The van der Waals surface area contributed by atoms with Crippen molar-refractivity contribution in [1.29, 1.82) is 0 Å². The van der Waals surface area contributed by atoms with E-state index in [1.54, 1.807) is 13.8 Å². The van der Waals surface area contributed by atoms with Crippen LogP contribution in [0, 0.1) is 12.8 Å². The second-order valence-corrected chi connectivity index (χ2v) is 12.1. The van der Waals surface area contributed by atoms with Gasteiger partial charge in [0.05, 0.1) is 6.54 Å². The normalized spacial score (nSPS) is 20.4. The molecule has 12 nitrogen and oxygen atoms in total. The Balaban J connectivity index is 1.65. The summed E-state index contributed by atoms with van der Waals surface area (Å²) in [6, 6.07) is 15.8. The van der Waals surface area contributed by atoms with E-state index in [2.05, 4.69) is 25.9 Å². The summed E-state index contributed by atoms with van der Waals surface area (Å²) in [5.41, 5.74) is 2.31. The Morgan fingerprint density at radius 1 is 0.935 bits per heavy atom. The lowest BCUT2D eigenvalue weighted by molar-refractivity contribution is -0.142. The molecule has 2 aromatic carbocycles. The van der Waals surface area contributed by atoms with Crippen LogP contribution in [0.2, 0.25) is 0 Å². The molecule has 1 aromatic heterocycles. The average Bonchev–Trinajstić information content (AvgIpc) is 3.43. The van der Waals surface area contributed by atoms with Crippen molar-refractivity contribution in [3.05, 3.63) is 77.6 Å². The van der Waals surface area contributed by atoms with Crippen LogP contribution in [-0.4, -0.2) is 94.1 Å². The molecule has 4 N–H and O–H groups in total. The average molecular weight is 630 g/mol. The number of aromatic nitrogens is 2. The molecule has 46 heavy (non-hydrogen) atoms. The van der Waals surface area contributed by atoms with Crippen molar-refractivity contribution in [2.75, 3.05) is 26.7 Å². The maximum Gasteiger partial charge on any atom is 0.274 e. The number of hydrogen-bond acceptors (Lipinski definition) is 6. The highest BCUT2D eigenvalue weighted by molar-refractivity contribution is 5.98. The lowest BCUT2D eigenvalue weighted by Gasteiger charge is -2.30. The van der Waals surface area contributed by atoms with Crippen LogP contribution in [0.5, 0.6) is 0 Å². The summed E-state index contributed by atoms with van der Waals surface area (Å²) in [4.78, 5) is 78.0. The van der Waals surface area contributed by atoms with Crippen LogP contribution >= 0.6 is 0 Å². The molecule has 0 radical (unpaired) electrons. The molecular weight excluding hydrogens is 586 g/mol. The molecule has 12 heteroatoms. The molecule has 0 bridgehead atoms. The van der Waals surface area contributed by atoms with E-state index >= 15 is 0 Å². The Morgan fingerprint density at radius 2 is 1.59 bits per heavy atom. The predicted molar refractivity (Wildman–Crippen MR) is 173 cm³/mol. The fourth-order valence-corrected chi connectivity index (χ4v) is 5.31. The molecule has 3 atom stereocenters. The zero-order valence-electron chi connectivity index (χ0n) is 27.0. The zero-order valence-corrected chi connectivity index (χ0v) is 27.0. The van der Waals surface area contributed by atoms with Crippen LogP contribution in [-0.2, 0) is 25.6 Å². The Kier molecular flexibility index (Phi) is 11.3. The first kappa shape index (κ1) is 33.9. The van der Waals surface area contributed by atoms with Gasteiger partial charge in [-0.1, -0.05) is 74.5 Å². The van der Waals surface area contributed by atoms with E-state index in [1.807, 2.05) is 74.5 Å². The second-order valence-electron chi connectivity index (χ2n) is 12.1. The summed E-state index contributed by atoms with van der Waals surface area (Å²) in [5.74, 6) is -1.89. The number of aryl methyl sites for hydroxylation is 1. The number of hydrogen-bond donors (Lipinski definition) is 4. The highest BCUT2D eigenvalue weighted by Crippen LogP contribution is 2.19. The second kappa shape index (κ2) is 15.3. The summed E-state index contributed by atoms with van der Waals surface area (Å²) in [6.07, 6.45) is 0.545. The van der Waals surface area contributed by atoms with Gasteiger partial charge >= 0.3 is 0 Å². The maximum absolute atomic E-state index is 13.9. The van der Waals surface area contributed by atoms with Crippen LogP contribution in [0.3, 0.4) is 0 Å². The van der Waals surface area contributed by atoms with E-state index < -0.39 is 47.7 Å². The van der Waals surface area contributed by atoms with Crippen molar-refractivity contribution in [1.82, 2.24) is 35.7 Å². The number of rotatable bonds is 6. The van der Waals surface area contributed by atoms with Gasteiger partial charge in [0.2, 0.25) is 23.6 Å². The number of carbonyl (C=O) groups is 5. The van der Waals surface area contributed by atoms with Gasteiger partial charge in [-0.05, 0) is 31.7 Å². The van der Waals surface area contributed by atoms with Crippen molar-refractivity contribution >= 4 is 29.5 Å². The molecule has 0 aliphatic carbocycles. The van der Waals surface area contributed by atoms with Crippen LogP contribution in [0.25, 0.3) is 11.4 Å². The lowest BCUT2D eigenvalue weighted by atomic mass is 10.0. The molecule has 2 heterocycles. The minimum atomic E-state index is -0.941. The van der Waals surface area contributed by atoms with Crippen LogP contribution in [0.15, 0.2) is 60.7 Å². The van der Waals surface area contributed by atoms with E-state index in [0.29, 0.717) is 17.9 Å². The van der Waals surface area contributed by atoms with E-state index in [0.717, 1.165) is 11.1 Å². The smallest absolute Gasteiger partial charge is 0.274 e. The number of amides is 5. The van der Waals surface area contributed by atoms with Gasteiger partial charge in [-0.3, -0.25) is 24.0 Å². The number of likely N-dealkylation sites (N-methyl/N-ethyl adjacent to an activating group) is 1. The monoisotopic (exact) mass is 629 g/mol. The SMILES string of the molecule is Cc1[nH]c(-c2ccccc2)nc1C(=O)N1CCNC(=O)[C@H](Cc2ccccc2)NC(=O)[C@H](C)N(C)C(=O)[C@H](CC(C)C)NC(=O)C1. The van der Waals surface area contributed by atoms with E-state index in [-0.39, 0.29) is 37.7 Å². The lowest BCUT2D eigenvalue weighted by Crippen LogP contribution is -2.57. The van der Waals surface area contributed by atoms with Crippen molar-refractivity contribution in [3.8, 4) is 11.4 Å². The summed E-state index contributed by atoms with van der Waals surface area (Å²) >= 11 is 0. The highest BCUT2D eigenvalue weighted by Gasteiger charge is 2.33. The van der Waals surface area contributed by atoms with Gasteiger partial charge in [0.1, 0.15) is 29.6 Å². The molecule has 244 valence electrons. The number of carbonyl (C=O) groups excluding carboxylic acids is 5. The molecule has 0 spiro atoms. The molecule has 3 aromatic rings. The van der Waals surface area contributed by atoms with Gasteiger partial charge in [-0.25, -0.2) is 4.98 Å². The van der Waals surface area contributed by atoms with Crippen LogP contribution < -0.4 is 16.0 Å². The Bertz CT molecular complexity index is 1540. The quantitative estimate of drug-likeness (QED) is 0.327. The van der Waals surface area contributed by atoms with Crippen molar-refractivity contribution < 1.29 is 24.0 Å². The largest absolute Gasteiger partial charge is 0.353 e. The summed E-state index contributed by atoms with van der Waals surface area (Å²) in [6.45, 7) is 6.79. The molecule has 0 saturated carbocycles. The van der Waals surface area contributed by atoms with Gasteiger partial charge in [0.15, 0.2) is 0 Å². The maximum atomic E-state index is 13.9. The van der Waals surface area contributed by atoms with E-state index in [4.69, 9.17) is 0 Å². The number of imidazole rings is 1. The van der Waals surface area contributed by atoms with Crippen LogP contribution in [0.1, 0.15) is 48.9 Å². The summed E-state index contributed by atoms with van der Waals surface area (Å²) < 4.78 is 0. The molecule has 0 unspecified atom stereocenters. The van der Waals surface area contributed by atoms with Gasteiger partial charge in [-0.15, -0.1) is 0 Å². The first-order valence-corrected chi connectivity index (χ1v) is 15.5. The standard InChI is InChI=1S/C34H43N7O5/c1-21(2)18-27-33(45)40(5)23(4)31(43)38-26(19-24-12-8-6-9-13-24)32(44)35-16-17-41(20-28(42)37-27)34(46)29-22(3)36-30(39-29)25-14-10-7-11-15-25/h6-15,21,23,26-27H,16-20H2,1-5H3,(H,35,44)(H,36,39)(H,37,42)(H,38,43)/t23-,26-,27-/m0/s1. The third-order valence-corrected chi connectivity index (χ3v) is 8.00. The first-order valence-electron chi connectivity index (χ1n) is 15.5. The Hall–Kier alpha value is -5.00. The van der Waals surface area contributed by atoms with Crippen molar-refractivity contribution in [3.63, 3.8) is 0 Å². The third-order valence-electron chi connectivity index (χ3n) is 8.00. The van der Waals surface area contributed by atoms with E-state index in [9.17, 15) is 24.0 Å². The number of nitrogens with one attached hydrogen (secondary N) is 4. The molecule has 1 fully saturated rings. The van der Waals surface area contributed by atoms with Gasteiger partial charge < -0.3 is 30.7 Å². The van der Waals surface area contributed by atoms with Gasteiger partial charge in [0, 0.05) is 37.8 Å². The Labute approximate surface area is 269 Å².